The molecule has 6 rings (SSSR count). The first-order chi connectivity index (χ1) is 15.3. The van der Waals surface area contributed by atoms with E-state index in [1.54, 1.807) is 6.33 Å². The lowest BCUT2D eigenvalue weighted by Gasteiger charge is -2.13. The number of aromatic nitrogens is 2. The average Bonchev–Trinajstić information content (AvgIpc) is 3.43. The van der Waals surface area contributed by atoms with E-state index in [0.29, 0.717) is 12.4 Å². The summed E-state index contributed by atoms with van der Waals surface area (Å²) in [6.07, 6.45) is 9.78. The molecule has 154 valence electrons. The van der Waals surface area contributed by atoms with Crippen LogP contribution < -0.4 is 24.8 Å². The molecular weight excluding hydrogens is 392 g/mol. The van der Waals surface area contributed by atoms with Gasteiger partial charge in [-0.1, -0.05) is 24.3 Å². The number of hydrogen-bond donors (Lipinski definition) is 2. The molecule has 2 unspecified atom stereocenters. The summed E-state index contributed by atoms with van der Waals surface area (Å²) in [6, 6.07) is 14.1. The second kappa shape index (κ2) is 7.36. The number of fused-ring (bicyclic) bond motifs is 4. The van der Waals surface area contributed by atoms with E-state index in [-0.39, 0.29) is 18.8 Å². The van der Waals surface area contributed by atoms with Crippen LogP contribution in [0.15, 0.2) is 73.1 Å². The highest BCUT2D eigenvalue weighted by Crippen LogP contribution is 2.43. The molecule has 7 nitrogen and oxygen atoms in total. The topological polar surface area (TPSA) is 77.5 Å². The monoisotopic (exact) mass is 412 g/mol. The van der Waals surface area contributed by atoms with Crippen LogP contribution in [0.5, 0.6) is 17.2 Å². The number of nitrogens with one attached hydrogen (secondary N) is 2. The predicted molar refractivity (Wildman–Crippen MR) is 117 cm³/mol. The number of rotatable bonds is 5. The van der Waals surface area contributed by atoms with E-state index < -0.39 is 0 Å². The maximum absolute atomic E-state index is 6.10. The van der Waals surface area contributed by atoms with E-state index in [2.05, 4.69) is 32.8 Å². The molecule has 0 bridgehead atoms. The van der Waals surface area contributed by atoms with Gasteiger partial charge in [-0.15, -0.1) is 0 Å². The Morgan fingerprint density at radius 1 is 0.903 bits per heavy atom. The van der Waals surface area contributed by atoms with Gasteiger partial charge in [0.15, 0.2) is 23.1 Å². The first kappa shape index (κ1) is 17.8. The molecule has 1 aromatic heterocycles. The van der Waals surface area contributed by atoms with Gasteiger partial charge in [-0.05, 0) is 48.0 Å². The van der Waals surface area contributed by atoms with Crippen molar-refractivity contribution in [3.63, 3.8) is 0 Å². The predicted octanol–water partition coefficient (Wildman–Crippen LogP) is 4.53. The Hall–Kier alpha value is -4.00. The molecule has 0 amide bonds. The van der Waals surface area contributed by atoms with Crippen molar-refractivity contribution in [1.29, 1.82) is 0 Å². The second-order valence-electron chi connectivity index (χ2n) is 7.56. The molecule has 0 saturated carbocycles. The molecule has 2 N–H and O–H groups in total. The fraction of sp³-hybridized carbons (Fsp3) is 0.167. The maximum atomic E-state index is 6.10. The van der Waals surface area contributed by atoms with Crippen LogP contribution >= 0.6 is 0 Å². The number of ether oxygens (including phenoxy) is 3. The highest BCUT2D eigenvalue weighted by Gasteiger charge is 2.35. The van der Waals surface area contributed by atoms with Gasteiger partial charge in [0.05, 0.1) is 11.6 Å². The summed E-state index contributed by atoms with van der Waals surface area (Å²) in [6.45, 7) is 0.983. The zero-order chi connectivity index (χ0) is 20.6. The molecule has 31 heavy (non-hydrogen) atoms. The quantitative estimate of drug-likeness (QED) is 0.637. The fourth-order valence-electron chi connectivity index (χ4n) is 3.98. The highest BCUT2D eigenvalue weighted by atomic mass is 16.7. The lowest BCUT2D eigenvalue weighted by molar-refractivity contribution is 0.174. The van der Waals surface area contributed by atoms with Gasteiger partial charge in [0.25, 0.3) is 0 Å². The van der Waals surface area contributed by atoms with Gasteiger partial charge in [0.1, 0.15) is 12.4 Å². The molecule has 2 aliphatic heterocycles. The zero-order valence-electron chi connectivity index (χ0n) is 16.6. The number of nitrogens with zero attached hydrogens (tertiary/aromatic N) is 2. The minimum Gasteiger partial charge on any atom is -0.479 e. The molecule has 7 heteroatoms. The Morgan fingerprint density at radius 2 is 1.74 bits per heavy atom. The summed E-state index contributed by atoms with van der Waals surface area (Å²) in [5.41, 5.74) is 4.00. The van der Waals surface area contributed by atoms with Crippen molar-refractivity contribution in [2.24, 2.45) is 0 Å². The van der Waals surface area contributed by atoms with E-state index in [0.717, 1.165) is 39.9 Å². The lowest BCUT2D eigenvalue weighted by Crippen LogP contribution is -2.15. The third kappa shape index (κ3) is 3.34. The van der Waals surface area contributed by atoms with Crippen molar-refractivity contribution in [3.05, 3.63) is 84.4 Å². The summed E-state index contributed by atoms with van der Waals surface area (Å²) in [5.74, 6) is 3.14. The van der Waals surface area contributed by atoms with Crippen molar-refractivity contribution in [1.82, 2.24) is 9.97 Å². The van der Waals surface area contributed by atoms with Crippen molar-refractivity contribution < 1.29 is 14.2 Å². The van der Waals surface area contributed by atoms with Crippen LogP contribution in [-0.2, 0) is 6.54 Å². The third-order valence-electron chi connectivity index (χ3n) is 5.57. The van der Waals surface area contributed by atoms with Gasteiger partial charge in [-0.2, -0.15) is 0 Å². The first-order valence-corrected chi connectivity index (χ1v) is 10.2. The summed E-state index contributed by atoms with van der Waals surface area (Å²) in [5, 5.41) is 6.79. The molecule has 3 aromatic rings. The van der Waals surface area contributed by atoms with Crippen molar-refractivity contribution in [3.8, 4) is 17.2 Å². The van der Waals surface area contributed by atoms with E-state index in [1.165, 1.54) is 0 Å². The van der Waals surface area contributed by atoms with Crippen LogP contribution in [0.4, 0.5) is 17.2 Å². The number of anilines is 3. The Bertz CT molecular complexity index is 1190. The molecule has 2 aromatic carbocycles. The number of benzene rings is 2. The smallest absolute Gasteiger partial charge is 0.231 e. The fourth-order valence-corrected chi connectivity index (χ4v) is 3.98. The molecule has 2 atom stereocenters. The zero-order valence-corrected chi connectivity index (χ0v) is 16.6. The summed E-state index contributed by atoms with van der Waals surface area (Å²) in [7, 11) is 0. The van der Waals surface area contributed by atoms with Gasteiger partial charge < -0.3 is 24.8 Å². The van der Waals surface area contributed by atoms with Crippen molar-refractivity contribution >= 4 is 17.2 Å². The third-order valence-corrected chi connectivity index (χ3v) is 5.57. The van der Waals surface area contributed by atoms with Crippen LogP contribution in [-0.4, -0.2) is 22.9 Å². The molecular formula is C24H20N4O3. The van der Waals surface area contributed by atoms with Crippen LogP contribution in [0.2, 0.25) is 0 Å². The summed E-state index contributed by atoms with van der Waals surface area (Å²) in [4.78, 5) is 8.84. The molecule has 3 heterocycles. The Balaban J connectivity index is 1.14. The molecule has 0 spiro atoms. The number of hydrogen-bond acceptors (Lipinski definition) is 7. The van der Waals surface area contributed by atoms with E-state index >= 15 is 0 Å². The Morgan fingerprint density at radius 3 is 2.68 bits per heavy atom. The van der Waals surface area contributed by atoms with E-state index in [9.17, 15) is 0 Å². The minimum absolute atomic E-state index is 0.0139. The average molecular weight is 412 g/mol. The summed E-state index contributed by atoms with van der Waals surface area (Å²) < 4.78 is 16.9. The SMILES string of the molecule is C1=CC2Oc3c(Nc4ccc(NCc5ccc6c(c5)OCO6)cc4)ncnc3C2C=C1. The van der Waals surface area contributed by atoms with Gasteiger partial charge in [-0.25, -0.2) is 9.97 Å². The number of allylic oxidation sites excluding steroid dienone is 2. The molecule has 3 aliphatic rings. The second-order valence-corrected chi connectivity index (χ2v) is 7.56. The highest BCUT2D eigenvalue weighted by molar-refractivity contribution is 5.67. The molecule has 1 aliphatic carbocycles. The molecule has 0 saturated heterocycles. The van der Waals surface area contributed by atoms with Crippen LogP contribution in [0, 0.1) is 0 Å². The van der Waals surface area contributed by atoms with Crippen molar-refractivity contribution in [2.45, 2.75) is 18.6 Å². The maximum Gasteiger partial charge on any atom is 0.231 e. The largest absolute Gasteiger partial charge is 0.479 e. The Kier molecular flexibility index (Phi) is 4.23. The van der Waals surface area contributed by atoms with Gasteiger partial charge in [0, 0.05) is 17.9 Å². The van der Waals surface area contributed by atoms with Crippen LogP contribution in [0.1, 0.15) is 17.2 Å². The first-order valence-electron chi connectivity index (χ1n) is 10.2. The van der Waals surface area contributed by atoms with Crippen LogP contribution in [0.25, 0.3) is 0 Å². The van der Waals surface area contributed by atoms with E-state index in [4.69, 9.17) is 14.2 Å². The molecule has 0 fully saturated rings. The minimum atomic E-state index is -0.0139. The van der Waals surface area contributed by atoms with Crippen LogP contribution in [0.3, 0.4) is 0 Å². The van der Waals surface area contributed by atoms with Crippen molar-refractivity contribution in [2.75, 3.05) is 17.4 Å². The summed E-state index contributed by atoms with van der Waals surface area (Å²) >= 11 is 0. The van der Waals surface area contributed by atoms with Gasteiger partial charge >= 0.3 is 0 Å². The molecule has 0 radical (unpaired) electrons. The van der Waals surface area contributed by atoms with Gasteiger partial charge in [0.2, 0.25) is 6.79 Å². The standard InChI is InChI=1S/C24H20N4O3/c1-2-4-19-18(3-1)22-23(31-19)24(27-13-26-22)28-17-8-6-16(7-9-17)25-12-15-5-10-20-21(11-15)30-14-29-20/h1-11,13,18-19,25H,12,14H2,(H,26,27,28). The normalized spacial score (nSPS) is 19.5. The van der Waals surface area contributed by atoms with Gasteiger partial charge in [-0.3, -0.25) is 0 Å². The lowest BCUT2D eigenvalue weighted by atomic mass is 9.96. The van der Waals surface area contributed by atoms with E-state index in [1.807, 2.05) is 54.6 Å². The Labute approximate surface area is 179 Å².